The molecule has 0 aliphatic rings. The zero-order valence-corrected chi connectivity index (χ0v) is 39.3. The Morgan fingerprint density at radius 2 is 0.279 bits per heavy atom. The van der Waals surface area contributed by atoms with Gasteiger partial charge >= 0.3 is 0 Å². The molecule has 0 saturated heterocycles. The van der Waals surface area contributed by atoms with Crippen molar-refractivity contribution in [2.45, 2.75) is 0 Å². The first-order valence-electron chi connectivity index (χ1n) is 22.3. The number of hydrogen-bond acceptors (Lipinski definition) is 0. The Labute approximate surface area is 477 Å². The summed E-state index contributed by atoms with van der Waals surface area (Å²) >= 11 is 0. The average Bonchev–Trinajstić information content (AvgIpc) is 3.13. The van der Waals surface area contributed by atoms with E-state index < -0.39 is 204 Å². The van der Waals surface area contributed by atoms with Crippen LogP contribution in [0.4, 0.5) is 0 Å². The molecule has 70 radical (unpaired) electrons. The molecule has 0 aromatic carbocycles. The van der Waals surface area contributed by atoms with Gasteiger partial charge < -0.3 is 0 Å². The van der Waals surface area contributed by atoms with E-state index in [2.05, 4.69) is 0 Å². The van der Waals surface area contributed by atoms with Crippen LogP contribution in [0.5, 0.6) is 0 Å². The van der Waals surface area contributed by atoms with Gasteiger partial charge in [-0.2, -0.15) is 0 Å². The van der Waals surface area contributed by atoms with Crippen LogP contribution in [0.3, 0.4) is 0 Å². The Kier molecular flexibility index (Phi) is 36.0. The first-order valence-corrected chi connectivity index (χ1v) is 22.3. The fourth-order valence-corrected chi connectivity index (χ4v) is 11.4. The number of rotatable bonds is 33. The second-order valence-corrected chi connectivity index (χ2v) is 18.9. The Morgan fingerprint density at radius 1 is 0.162 bits per heavy atom. The largest absolute Gasteiger partial charge is 0 e. The first kappa shape index (κ1) is 72.4. The van der Waals surface area contributed by atoms with Gasteiger partial charge in [-0.15, -0.1) is 0 Å². The van der Waals surface area contributed by atoms with Crippen molar-refractivity contribution in [3.05, 3.63) is 0 Å². The molecule has 0 rings (SSSR count). The van der Waals surface area contributed by atoms with Crippen molar-refractivity contribution in [2.24, 2.45) is 0 Å². The summed E-state index contributed by atoms with van der Waals surface area (Å²) in [5, 5.41) is 0. The molecular weight excluding hydrogens is 735 g/mol. The molecule has 0 unspecified atom stereocenters. The molecule has 0 aromatic heterocycles. The van der Waals surface area contributed by atoms with Gasteiger partial charge in [0, 0.05) is 482 Å². The third kappa shape index (κ3) is 19.9. The summed E-state index contributed by atoms with van der Waals surface area (Å²) in [5.41, 5.74) is 0. The molecule has 68 heteroatoms. The molecule has 0 aliphatic heterocycles. The second-order valence-electron chi connectivity index (χ2n) is 18.9. The van der Waals surface area contributed by atoms with Gasteiger partial charge in [0.25, 0.3) is 0 Å². The second kappa shape index (κ2) is 33.8. The Hall–Kier alpha value is 4.42. The van der Waals surface area contributed by atoms with Gasteiger partial charge in [0.1, 0.15) is 0 Å². The molecule has 68 heavy (non-hydrogen) atoms. The molecule has 0 spiro atoms. The molecule has 0 N–H and O–H groups in total. The van der Waals surface area contributed by atoms with E-state index in [0.29, 0.717) is 0 Å². The lowest BCUT2D eigenvalue weighted by molar-refractivity contribution is 3.20. The fourth-order valence-electron chi connectivity index (χ4n) is 11.4. The molecular formula is B68. The highest BCUT2D eigenvalue weighted by molar-refractivity contribution is 8.35. The van der Waals surface area contributed by atoms with Gasteiger partial charge in [-0.25, -0.2) is 0 Å². The molecule has 204 valence electrons. The van der Waals surface area contributed by atoms with Gasteiger partial charge in [-0.1, -0.05) is 0 Å². The van der Waals surface area contributed by atoms with Crippen LogP contribution >= 0.6 is 0 Å². The van der Waals surface area contributed by atoms with Crippen LogP contribution in [0.2, 0.25) is 0 Å². The lowest BCUT2D eigenvalue weighted by Gasteiger charge is -2.55. The zero-order chi connectivity index (χ0) is 53.9. The number of hydrogen-bond donors (Lipinski definition) is 0. The normalized spacial score (nSPS) is 9.71. The van der Waals surface area contributed by atoms with Crippen molar-refractivity contribution in [3.63, 3.8) is 0 Å². The van der Waals surface area contributed by atoms with E-state index in [9.17, 15) is 0 Å². The predicted octanol–water partition coefficient (Wildman–Crippen LogP) is -25.9. The Bertz CT molecular complexity index is 1100. The summed E-state index contributed by atoms with van der Waals surface area (Å²) in [4.78, 5) is 0. The molecule has 0 bridgehead atoms. The van der Waals surface area contributed by atoms with Gasteiger partial charge in [0.05, 0.1) is 0 Å². The maximum Gasteiger partial charge on any atom is 0 e. The minimum Gasteiger partial charge on any atom is 0 e. The summed E-state index contributed by atoms with van der Waals surface area (Å²) < 4.78 is 0. The van der Waals surface area contributed by atoms with E-state index in [1.54, 1.807) is 7.06 Å². The topological polar surface area (TPSA) is 0 Å². The van der Waals surface area contributed by atoms with Crippen LogP contribution in [0.15, 0.2) is 0 Å². The minimum absolute atomic E-state index is 1.11. The summed E-state index contributed by atoms with van der Waals surface area (Å²) in [5.74, 6) is 0. The van der Waals surface area contributed by atoms with Crippen LogP contribution in [0, 0.1) is 0 Å². The maximum atomic E-state index is 6.98. The van der Waals surface area contributed by atoms with Crippen molar-refractivity contribution < 1.29 is 0 Å². The van der Waals surface area contributed by atoms with Gasteiger partial charge in [-0.3, -0.25) is 0 Å². The lowest BCUT2D eigenvalue weighted by atomic mass is 8.26. The molecule has 0 nitrogen and oxygen atoms in total. The quantitative estimate of drug-likeness (QED) is 0.0589. The van der Waals surface area contributed by atoms with E-state index in [1.165, 1.54) is 0 Å². The third-order valence-corrected chi connectivity index (χ3v) is 14.0. The monoisotopic (exact) mass is 749 g/mol. The van der Waals surface area contributed by atoms with E-state index >= 15 is 0 Å². The summed E-state index contributed by atoms with van der Waals surface area (Å²) in [7, 11) is 228. The van der Waals surface area contributed by atoms with Crippen molar-refractivity contribution in [1.82, 2.24) is 0 Å². The van der Waals surface area contributed by atoms with Crippen LogP contribution < -0.4 is 0 Å². The van der Waals surface area contributed by atoms with E-state index in [0.717, 1.165) is 7.06 Å². The highest BCUT2D eigenvalue weighted by Gasteiger charge is 2.59. The summed E-state index contributed by atoms with van der Waals surface area (Å²) in [6.07, 6.45) is -45.0. The third-order valence-electron chi connectivity index (χ3n) is 14.0. The maximum absolute atomic E-state index is 6.98. The smallest absolute Gasteiger partial charge is 0 e. The SMILES string of the molecule is [B][B]B([B])B(B(B([B])[B])B([B])[B])B(B([B]B(B(B(B([B])[B])B([B])[B])B(B([B])[B])B([B])[B])B(B(B([B])[B])B([B])[B])B(B([B])[B])B([B])[B])B(B(B([B])[B])B([B])[B])B(B([B])[B])B([B])[B])B(B([B])[B])B([B])[B]. The molecule has 0 fully saturated rings. The highest BCUT2D eigenvalue weighted by Crippen LogP contribution is 2.21. The Morgan fingerprint density at radius 3 is 0.397 bits per heavy atom. The van der Waals surface area contributed by atoms with E-state index in [-0.39, 0.29) is 0 Å². The highest BCUT2D eigenvalue weighted by atomic mass is 13.4. The molecule has 0 heterocycles. The standard InChI is InChI=1S/B68/c1-35-53(34)64(56(37(2)3)38(4)5)68(63(51(30)31)52(32)33)55(67(61(47(22)23)48(24)25)62(49(26)27)50(28)29)36-54(65(57(39(6)7)40(8)9)58(41(10)11)42(12)13)66(59(43(14)15)44(16)17)60(45(18)19)46(20)21. The predicted molar refractivity (Wildman–Crippen MR) is 391 cm³/mol. The molecule has 0 aromatic rings. The molecule has 0 atom stereocenters. The van der Waals surface area contributed by atoms with Crippen LogP contribution in [-0.2, 0) is 0 Å². The van der Waals surface area contributed by atoms with Gasteiger partial charge in [0.15, 0.2) is 0 Å². The van der Waals surface area contributed by atoms with Crippen LogP contribution in [-0.4, -0.2) is 482 Å². The lowest BCUT2D eigenvalue weighted by Crippen LogP contribution is -2.93. The van der Waals surface area contributed by atoms with Gasteiger partial charge in [0.2, 0.25) is 0 Å². The van der Waals surface area contributed by atoms with E-state index in [1.807, 2.05) is 0 Å². The van der Waals surface area contributed by atoms with Crippen LogP contribution in [0.1, 0.15) is 0 Å². The molecule has 0 aliphatic carbocycles. The summed E-state index contributed by atoms with van der Waals surface area (Å²) in [6, 6.07) is 0. The zero-order valence-electron chi connectivity index (χ0n) is 39.3. The summed E-state index contributed by atoms with van der Waals surface area (Å²) in [6.45, 7) is 0. The van der Waals surface area contributed by atoms with Gasteiger partial charge in [-0.05, 0) is 0 Å². The average molecular weight is 735 g/mol. The van der Waals surface area contributed by atoms with Crippen molar-refractivity contribution >= 4 is 482 Å². The van der Waals surface area contributed by atoms with Crippen LogP contribution in [0.25, 0.3) is 0 Å². The Balaban J connectivity index is 10.7. The van der Waals surface area contributed by atoms with Crippen molar-refractivity contribution in [2.75, 3.05) is 0 Å². The molecule has 0 amide bonds. The fraction of sp³-hybridized carbons (Fsp3) is 0. The first-order chi connectivity index (χ1) is 31.0. The van der Waals surface area contributed by atoms with E-state index in [4.69, 9.17) is 263 Å². The van der Waals surface area contributed by atoms with Crippen molar-refractivity contribution in [3.8, 4) is 0 Å². The van der Waals surface area contributed by atoms with Crippen molar-refractivity contribution in [1.29, 1.82) is 0 Å². The molecule has 0 saturated carbocycles. The minimum atomic E-state index is -1.49.